The van der Waals surface area contributed by atoms with Crippen molar-refractivity contribution < 1.29 is 19.4 Å². The molecule has 2 saturated heterocycles. The number of aromatic nitrogens is 2. The van der Waals surface area contributed by atoms with Crippen LogP contribution >= 0.6 is 0 Å². The molecule has 0 radical (unpaired) electrons. The molecule has 2 N–H and O–H groups in total. The van der Waals surface area contributed by atoms with Gasteiger partial charge in [0, 0.05) is 68.6 Å². The van der Waals surface area contributed by atoms with Crippen molar-refractivity contribution in [3.63, 3.8) is 0 Å². The van der Waals surface area contributed by atoms with Gasteiger partial charge < -0.3 is 29.7 Å². The van der Waals surface area contributed by atoms with Gasteiger partial charge in [-0.1, -0.05) is 0 Å². The van der Waals surface area contributed by atoms with Gasteiger partial charge in [-0.25, -0.2) is 9.97 Å². The van der Waals surface area contributed by atoms with Crippen molar-refractivity contribution in [2.75, 3.05) is 56.2 Å². The Hall–Kier alpha value is -4.20. The zero-order valence-corrected chi connectivity index (χ0v) is 21.8. The van der Waals surface area contributed by atoms with E-state index in [1.165, 1.54) is 0 Å². The third-order valence-corrected chi connectivity index (χ3v) is 6.97. The fourth-order valence-corrected chi connectivity index (χ4v) is 4.82. The number of carbonyl (C=O) groups is 1. The summed E-state index contributed by atoms with van der Waals surface area (Å²) in [5.41, 5.74) is 3.95. The summed E-state index contributed by atoms with van der Waals surface area (Å²) in [6.07, 6.45) is 3.11. The van der Waals surface area contributed by atoms with Gasteiger partial charge in [0.2, 0.25) is 11.9 Å². The van der Waals surface area contributed by atoms with Gasteiger partial charge in [0.1, 0.15) is 17.9 Å². The third kappa shape index (κ3) is 6.63. The number of amides is 1. The number of anilines is 3. The predicted molar refractivity (Wildman–Crippen MR) is 147 cm³/mol. The summed E-state index contributed by atoms with van der Waals surface area (Å²) in [6, 6.07) is 17.7. The molecule has 2 aliphatic heterocycles. The Labute approximate surface area is 227 Å². The molecule has 0 aliphatic carbocycles. The molecule has 1 amide bonds. The smallest absolute Gasteiger partial charge is 0.227 e. The standard InChI is InChI=1S/C29H32N6O4/c30-20-22-19-21(1-6-27(22)39-25-8-12-35(13-9-25)28(37)10-16-36)26-7-11-31-29(33-26)32-23-2-4-24(5-3-23)34-14-17-38-18-15-34/h1-7,11,19,25,36H,8-10,12-18H2,(H,31,32,33). The highest BCUT2D eigenvalue weighted by Crippen LogP contribution is 2.29. The number of likely N-dealkylation sites (tertiary alicyclic amines) is 1. The van der Waals surface area contributed by atoms with Crippen LogP contribution in [0.3, 0.4) is 0 Å². The summed E-state index contributed by atoms with van der Waals surface area (Å²) >= 11 is 0. The van der Waals surface area contributed by atoms with Gasteiger partial charge in [0.15, 0.2) is 0 Å². The maximum Gasteiger partial charge on any atom is 0.227 e. The first kappa shape index (κ1) is 26.4. The van der Waals surface area contributed by atoms with Crippen LogP contribution in [0.1, 0.15) is 24.8 Å². The lowest BCUT2D eigenvalue weighted by Crippen LogP contribution is -2.42. The number of rotatable bonds is 8. The Bertz CT molecular complexity index is 1310. The molecule has 0 spiro atoms. The zero-order valence-electron chi connectivity index (χ0n) is 21.8. The largest absolute Gasteiger partial charge is 0.489 e. The Morgan fingerprint density at radius 2 is 1.87 bits per heavy atom. The molecule has 5 rings (SSSR count). The zero-order chi connectivity index (χ0) is 27.0. The number of aliphatic hydroxyl groups excluding tert-OH is 1. The first-order chi connectivity index (χ1) is 19.1. The number of hydrogen-bond donors (Lipinski definition) is 2. The van der Waals surface area contributed by atoms with E-state index in [4.69, 9.17) is 14.6 Å². The lowest BCUT2D eigenvalue weighted by Gasteiger charge is -2.32. The van der Waals surface area contributed by atoms with Gasteiger partial charge in [0.05, 0.1) is 31.1 Å². The van der Waals surface area contributed by atoms with Gasteiger partial charge in [0.25, 0.3) is 0 Å². The summed E-state index contributed by atoms with van der Waals surface area (Å²) in [7, 11) is 0. The van der Waals surface area contributed by atoms with Crippen LogP contribution in [0.4, 0.5) is 17.3 Å². The number of piperidine rings is 1. The van der Waals surface area contributed by atoms with E-state index in [1.54, 1.807) is 23.2 Å². The normalized spacial score (nSPS) is 16.0. The molecule has 0 unspecified atom stereocenters. The predicted octanol–water partition coefficient (Wildman–Crippen LogP) is 3.35. The molecular weight excluding hydrogens is 496 g/mol. The molecule has 10 nitrogen and oxygen atoms in total. The van der Waals surface area contributed by atoms with Gasteiger partial charge in [-0.05, 0) is 48.5 Å². The first-order valence-electron chi connectivity index (χ1n) is 13.3. The van der Waals surface area contributed by atoms with Gasteiger partial charge in [-0.3, -0.25) is 4.79 Å². The minimum atomic E-state index is -0.139. The molecule has 2 fully saturated rings. The number of ether oxygens (including phenoxy) is 2. The van der Waals surface area contributed by atoms with Gasteiger partial charge in [-0.15, -0.1) is 0 Å². The number of nitriles is 1. The number of carbonyl (C=O) groups excluding carboxylic acids is 1. The van der Waals surface area contributed by atoms with E-state index in [0.717, 1.165) is 43.2 Å². The molecule has 10 heteroatoms. The highest BCUT2D eigenvalue weighted by molar-refractivity contribution is 5.76. The minimum Gasteiger partial charge on any atom is -0.489 e. The van der Waals surface area contributed by atoms with E-state index in [9.17, 15) is 10.1 Å². The van der Waals surface area contributed by atoms with Crippen LogP contribution in [-0.4, -0.2) is 78.0 Å². The van der Waals surface area contributed by atoms with E-state index < -0.39 is 0 Å². The minimum absolute atomic E-state index is 0.0401. The molecule has 0 bridgehead atoms. The summed E-state index contributed by atoms with van der Waals surface area (Å²) < 4.78 is 11.6. The molecule has 1 aromatic heterocycles. The van der Waals surface area contributed by atoms with Crippen molar-refractivity contribution in [1.82, 2.24) is 14.9 Å². The SMILES string of the molecule is N#Cc1cc(-c2ccnc(Nc3ccc(N4CCOCC4)cc3)n2)ccc1OC1CCN(C(=O)CCO)CC1. The summed E-state index contributed by atoms with van der Waals surface area (Å²) in [4.78, 5) is 25.1. The van der Waals surface area contributed by atoms with Crippen LogP contribution in [0, 0.1) is 11.3 Å². The quantitative estimate of drug-likeness (QED) is 0.453. The van der Waals surface area contributed by atoms with Crippen molar-refractivity contribution in [3.8, 4) is 23.1 Å². The van der Waals surface area contributed by atoms with Crippen LogP contribution in [0.25, 0.3) is 11.3 Å². The maximum absolute atomic E-state index is 12.0. The molecule has 2 aromatic carbocycles. The van der Waals surface area contributed by atoms with Crippen LogP contribution in [-0.2, 0) is 9.53 Å². The molecule has 202 valence electrons. The molecule has 39 heavy (non-hydrogen) atoms. The van der Waals surface area contributed by atoms with E-state index in [-0.39, 0.29) is 25.0 Å². The number of nitrogens with one attached hydrogen (secondary N) is 1. The highest BCUT2D eigenvalue weighted by atomic mass is 16.5. The third-order valence-electron chi connectivity index (χ3n) is 6.97. The fourth-order valence-electron chi connectivity index (χ4n) is 4.82. The number of hydrogen-bond acceptors (Lipinski definition) is 9. The number of aliphatic hydroxyl groups is 1. The molecule has 0 atom stereocenters. The molecule has 3 heterocycles. The average molecular weight is 529 g/mol. The fraction of sp³-hybridized carbons (Fsp3) is 0.379. The highest BCUT2D eigenvalue weighted by Gasteiger charge is 2.24. The van der Waals surface area contributed by atoms with Crippen molar-refractivity contribution in [1.29, 1.82) is 5.26 Å². The Morgan fingerprint density at radius 1 is 1.10 bits per heavy atom. The first-order valence-corrected chi connectivity index (χ1v) is 13.3. The lowest BCUT2D eigenvalue weighted by atomic mass is 10.1. The molecule has 3 aromatic rings. The monoisotopic (exact) mass is 528 g/mol. The Balaban J connectivity index is 1.23. The maximum atomic E-state index is 12.0. The van der Waals surface area contributed by atoms with Crippen molar-refractivity contribution in [3.05, 3.63) is 60.3 Å². The molecular formula is C29H32N6O4. The average Bonchev–Trinajstić information content (AvgIpc) is 2.99. The van der Waals surface area contributed by atoms with E-state index >= 15 is 0 Å². The molecule has 2 aliphatic rings. The van der Waals surface area contributed by atoms with E-state index in [0.29, 0.717) is 48.9 Å². The van der Waals surface area contributed by atoms with Crippen LogP contribution < -0.4 is 15.0 Å². The second-order valence-electron chi connectivity index (χ2n) is 9.53. The van der Waals surface area contributed by atoms with Crippen LogP contribution in [0.2, 0.25) is 0 Å². The van der Waals surface area contributed by atoms with Gasteiger partial charge in [-0.2, -0.15) is 5.26 Å². The summed E-state index contributed by atoms with van der Waals surface area (Å²) in [6.45, 7) is 4.28. The molecule has 0 saturated carbocycles. The number of benzene rings is 2. The Morgan fingerprint density at radius 3 is 2.59 bits per heavy atom. The summed E-state index contributed by atoms with van der Waals surface area (Å²) in [5, 5.41) is 22.0. The van der Waals surface area contributed by atoms with Crippen LogP contribution in [0.5, 0.6) is 5.75 Å². The van der Waals surface area contributed by atoms with Crippen LogP contribution in [0.15, 0.2) is 54.7 Å². The van der Waals surface area contributed by atoms with Crippen molar-refractivity contribution >= 4 is 23.2 Å². The lowest BCUT2D eigenvalue weighted by molar-refractivity contribution is -0.133. The van der Waals surface area contributed by atoms with E-state index in [1.807, 2.05) is 24.3 Å². The van der Waals surface area contributed by atoms with E-state index in [2.05, 4.69) is 38.4 Å². The number of morpholine rings is 1. The Kier molecular flexibility index (Phi) is 8.51. The number of nitrogens with zero attached hydrogens (tertiary/aromatic N) is 5. The van der Waals surface area contributed by atoms with Gasteiger partial charge >= 0.3 is 0 Å². The second kappa shape index (κ2) is 12.6. The van der Waals surface area contributed by atoms with Crippen molar-refractivity contribution in [2.45, 2.75) is 25.4 Å². The second-order valence-corrected chi connectivity index (χ2v) is 9.53. The topological polar surface area (TPSA) is 124 Å². The summed E-state index contributed by atoms with van der Waals surface area (Å²) in [5.74, 6) is 0.948. The van der Waals surface area contributed by atoms with Crippen molar-refractivity contribution in [2.24, 2.45) is 0 Å².